The van der Waals surface area contributed by atoms with Gasteiger partial charge in [-0.25, -0.2) is 17.8 Å². The van der Waals surface area contributed by atoms with Gasteiger partial charge in [-0.3, -0.25) is 10.3 Å². The molecule has 1 amide bonds. The Hall–Kier alpha value is -1.23. The van der Waals surface area contributed by atoms with E-state index in [0.29, 0.717) is 5.56 Å². The Kier molecular flexibility index (Phi) is 6.21. The number of rotatable bonds is 1. The quantitative estimate of drug-likeness (QED) is 0.553. The number of hydrogen-bond donors (Lipinski definition) is 1. The first-order valence-electron chi connectivity index (χ1n) is 8.82. The molecule has 0 aliphatic carbocycles. The standard InChI is InChI=1S/C19H27FIN3O3S/c1-17(2,3)27-16(25)23-15-18(4,5)28(26,22-7)11-19(6,24-15)13-10-12(21)8-9-14(13)20/h8-10H,11H2,1-7H3,(H,23,24,25)/t19-,28-/m0/s1. The van der Waals surface area contributed by atoms with Gasteiger partial charge >= 0.3 is 6.09 Å². The van der Waals surface area contributed by atoms with Crippen LogP contribution in [0, 0.1) is 9.39 Å². The second-order valence-corrected chi connectivity index (χ2v) is 12.7. The molecule has 1 aliphatic rings. The van der Waals surface area contributed by atoms with E-state index in [1.807, 2.05) is 0 Å². The molecule has 28 heavy (non-hydrogen) atoms. The monoisotopic (exact) mass is 523 g/mol. The molecule has 156 valence electrons. The zero-order valence-electron chi connectivity index (χ0n) is 17.2. The molecule has 0 unspecified atom stereocenters. The number of hydrogen-bond acceptors (Lipinski definition) is 5. The van der Waals surface area contributed by atoms with Crippen LogP contribution >= 0.6 is 22.6 Å². The molecule has 9 heteroatoms. The molecule has 2 rings (SSSR count). The van der Waals surface area contributed by atoms with Gasteiger partial charge in [-0.2, -0.15) is 0 Å². The summed E-state index contributed by atoms with van der Waals surface area (Å²) in [7, 11) is -1.40. The van der Waals surface area contributed by atoms with E-state index >= 15 is 0 Å². The van der Waals surface area contributed by atoms with Crippen LogP contribution in [0.15, 0.2) is 27.6 Å². The van der Waals surface area contributed by atoms with E-state index in [1.165, 1.54) is 13.1 Å². The van der Waals surface area contributed by atoms with E-state index in [1.54, 1.807) is 53.7 Å². The number of alkyl carbamates (subject to hydrolysis) is 1. The predicted octanol–water partition coefficient (Wildman–Crippen LogP) is 4.46. The van der Waals surface area contributed by atoms with Crippen molar-refractivity contribution in [1.29, 1.82) is 0 Å². The van der Waals surface area contributed by atoms with E-state index in [4.69, 9.17) is 4.74 Å². The van der Waals surface area contributed by atoms with Crippen molar-refractivity contribution in [2.24, 2.45) is 9.36 Å². The van der Waals surface area contributed by atoms with Crippen molar-refractivity contribution >= 4 is 44.2 Å². The number of nitrogens with zero attached hydrogens (tertiary/aromatic N) is 2. The normalized spacial score (nSPS) is 27.0. The molecular weight excluding hydrogens is 496 g/mol. The summed E-state index contributed by atoms with van der Waals surface area (Å²) >= 11 is 2.09. The molecule has 1 aromatic rings. The number of ether oxygens (including phenoxy) is 1. The second-order valence-electron chi connectivity index (χ2n) is 8.46. The number of amides is 1. The van der Waals surface area contributed by atoms with Crippen molar-refractivity contribution in [2.75, 3.05) is 12.8 Å². The Balaban J connectivity index is 2.64. The topological polar surface area (TPSA) is 80.1 Å². The maximum absolute atomic E-state index is 14.7. The lowest BCUT2D eigenvalue weighted by Crippen LogP contribution is -2.57. The third-order valence-corrected chi connectivity index (χ3v) is 8.63. The fourth-order valence-electron chi connectivity index (χ4n) is 3.05. The molecule has 1 aromatic carbocycles. The number of aliphatic imine (C=N–C) groups is 1. The van der Waals surface area contributed by atoms with Crippen LogP contribution < -0.4 is 5.32 Å². The fourth-order valence-corrected chi connectivity index (χ4v) is 5.86. The third-order valence-electron chi connectivity index (χ3n) is 4.63. The van der Waals surface area contributed by atoms with Crippen molar-refractivity contribution in [2.45, 2.75) is 57.4 Å². The van der Waals surface area contributed by atoms with Gasteiger partial charge in [0.15, 0.2) is 0 Å². The van der Waals surface area contributed by atoms with Crippen LogP contribution in [-0.4, -0.2) is 39.3 Å². The number of amidine groups is 1. The van der Waals surface area contributed by atoms with Gasteiger partial charge in [0.25, 0.3) is 0 Å². The molecule has 0 aromatic heterocycles. The van der Waals surface area contributed by atoms with Crippen LogP contribution in [-0.2, 0) is 20.0 Å². The summed E-state index contributed by atoms with van der Waals surface area (Å²) in [5.74, 6) is -0.231. The summed E-state index contributed by atoms with van der Waals surface area (Å²) in [6.45, 7) is 10.4. The lowest BCUT2D eigenvalue weighted by molar-refractivity contribution is 0.0560. The van der Waals surface area contributed by atoms with Gasteiger partial charge in [-0.15, -0.1) is 0 Å². The molecule has 1 N–H and O–H groups in total. The molecule has 2 atom stereocenters. The predicted molar refractivity (Wildman–Crippen MR) is 119 cm³/mol. The molecular formula is C19H27FIN3O3S. The maximum atomic E-state index is 14.7. The van der Waals surface area contributed by atoms with Crippen molar-refractivity contribution in [1.82, 2.24) is 5.32 Å². The summed E-state index contributed by atoms with van der Waals surface area (Å²) in [4.78, 5) is 17.0. The van der Waals surface area contributed by atoms with Crippen molar-refractivity contribution < 1.29 is 18.1 Å². The summed E-state index contributed by atoms with van der Waals surface area (Å²) in [5, 5.41) is 2.64. The molecule has 0 fully saturated rings. The van der Waals surface area contributed by atoms with Crippen molar-refractivity contribution in [3.63, 3.8) is 0 Å². The van der Waals surface area contributed by atoms with E-state index in [2.05, 4.69) is 37.3 Å². The Bertz CT molecular complexity index is 946. The highest BCUT2D eigenvalue weighted by molar-refractivity contribution is 14.1. The highest BCUT2D eigenvalue weighted by Crippen LogP contribution is 2.39. The summed E-state index contributed by atoms with van der Waals surface area (Å²) in [6.07, 6.45) is -0.704. The van der Waals surface area contributed by atoms with Crippen LogP contribution in [0.1, 0.15) is 47.1 Å². The van der Waals surface area contributed by atoms with Crippen LogP contribution in [0.3, 0.4) is 0 Å². The summed E-state index contributed by atoms with van der Waals surface area (Å²) < 4.78 is 37.7. The van der Waals surface area contributed by atoms with Crippen LogP contribution in [0.25, 0.3) is 0 Å². The van der Waals surface area contributed by atoms with Gasteiger partial charge in [0.05, 0.1) is 15.5 Å². The highest BCUT2D eigenvalue weighted by Gasteiger charge is 2.49. The first-order valence-corrected chi connectivity index (χ1v) is 11.6. The zero-order valence-corrected chi connectivity index (χ0v) is 20.2. The zero-order chi connectivity index (χ0) is 21.5. The van der Waals surface area contributed by atoms with Gasteiger partial charge in [0.2, 0.25) is 0 Å². The number of carbonyl (C=O) groups is 1. The molecule has 0 radical (unpaired) electrons. The minimum Gasteiger partial charge on any atom is -0.444 e. The second kappa shape index (κ2) is 7.55. The van der Waals surface area contributed by atoms with Gasteiger partial charge in [0, 0.05) is 16.2 Å². The molecule has 0 saturated heterocycles. The average molecular weight is 523 g/mol. The smallest absolute Gasteiger partial charge is 0.413 e. The molecule has 1 heterocycles. The van der Waals surface area contributed by atoms with Crippen molar-refractivity contribution in [3.05, 3.63) is 33.1 Å². The van der Waals surface area contributed by atoms with E-state index in [9.17, 15) is 13.4 Å². The number of carbonyl (C=O) groups excluding carboxylic acids is 1. The van der Waals surface area contributed by atoms with E-state index in [-0.39, 0.29) is 11.6 Å². The summed E-state index contributed by atoms with van der Waals surface area (Å²) in [6, 6.07) is 4.70. The van der Waals surface area contributed by atoms with Gasteiger partial charge in [-0.1, -0.05) is 0 Å². The lowest BCUT2D eigenvalue weighted by atomic mass is 9.93. The molecule has 0 saturated carbocycles. The van der Waals surface area contributed by atoms with Crippen LogP contribution in [0.5, 0.6) is 0 Å². The molecule has 6 nitrogen and oxygen atoms in total. The molecule has 0 bridgehead atoms. The minimum atomic E-state index is -2.88. The SMILES string of the molecule is CN=[S@]1(=O)C[C@@](C)(c2cc(I)ccc2F)N=C(NC(=O)OC(C)(C)C)C1(C)C. The van der Waals surface area contributed by atoms with E-state index in [0.717, 1.165) is 3.57 Å². The Morgan fingerprint density at radius 3 is 2.50 bits per heavy atom. The Morgan fingerprint density at radius 1 is 1.36 bits per heavy atom. The van der Waals surface area contributed by atoms with E-state index < -0.39 is 37.5 Å². The van der Waals surface area contributed by atoms with Crippen molar-refractivity contribution in [3.8, 4) is 0 Å². The third kappa shape index (κ3) is 4.50. The first-order chi connectivity index (χ1) is 12.6. The largest absolute Gasteiger partial charge is 0.444 e. The number of nitrogens with one attached hydrogen (secondary N) is 1. The van der Waals surface area contributed by atoms with Gasteiger partial charge in [-0.05, 0) is 82.3 Å². The average Bonchev–Trinajstić information content (AvgIpc) is 2.53. The maximum Gasteiger partial charge on any atom is 0.413 e. The number of benzene rings is 1. The van der Waals surface area contributed by atoms with Crippen LogP contribution in [0.4, 0.5) is 9.18 Å². The highest BCUT2D eigenvalue weighted by atomic mass is 127. The lowest BCUT2D eigenvalue weighted by Gasteiger charge is -2.41. The fraction of sp³-hybridized carbons (Fsp3) is 0.579. The Labute approximate surface area is 180 Å². The van der Waals surface area contributed by atoms with Gasteiger partial charge < -0.3 is 4.74 Å². The summed E-state index contributed by atoms with van der Waals surface area (Å²) in [5.41, 5.74) is -1.54. The minimum absolute atomic E-state index is 0.0417. The van der Waals surface area contributed by atoms with Crippen LogP contribution in [0.2, 0.25) is 0 Å². The first kappa shape index (κ1) is 23.1. The van der Waals surface area contributed by atoms with Gasteiger partial charge in [0.1, 0.15) is 27.5 Å². The number of halogens is 2. The molecule has 0 spiro atoms. The Morgan fingerprint density at radius 2 is 1.96 bits per heavy atom. The molecule has 1 aliphatic heterocycles.